The molecule has 0 aliphatic rings. The molecule has 2 rings (SSSR count). The molecule has 0 saturated heterocycles. The Morgan fingerprint density at radius 1 is 1.11 bits per heavy atom. The Hall–Kier alpha value is -1.71. The summed E-state index contributed by atoms with van der Waals surface area (Å²) in [7, 11) is 4.13. The minimum Gasteiger partial charge on any atom is -0.318 e. The molecule has 1 heterocycles. The van der Waals surface area contributed by atoms with Crippen LogP contribution in [0.5, 0.6) is 0 Å². The Labute approximate surface area is 115 Å². The van der Waals surface area contributed by atoms with Gasteiger partial charge in [0.1, 0.15) is 0 Å². The van der Waals surface area contributed by atoms with E-state index in [4.69, 9.17) is 0 Å². The summed E-state index contributed by atoms with van der Waals surface area (Å²) >= 11 is 0. The molecule has 0 saturated carbocycles. The fraction of sp³-hybridized carbons (Fsp3) is 0.312. The van der Waals surface area contributed by atoms with Crippen LogP contribution in [0, 0.1) is 0 Å². The third-order valence-electron chi connectivity index (χ3n) is 3.25. The van der Waals surface area contributed by atoms with Gasteiger partial charge >= 0.3 is 0 Å². The first-order valence-corrected chi connectivity index (χ1v) is 6.61. The van der Waals surface area contributed by atoms with E-state index in [0.29, 0.717) is 6.04 Å². The number of benzene rings is 1. The zero-order chi connectivity index (χ0) is 13.5. The largest absolute Gasteiger partial charge is 0.318 e. The maximum Gasteiger partial charge on any atom is 0.0544 e. The molecule has 1 aromatic carbocycles. The number of aromatic nitrogens is 1. The van der Waals surface area contributed by atoms with E-state index in [1.807, 2.05) is 25.4 Å². The molecule has 1 unspecified atom stereocenters. The molecule has 0 spiro atoms. The Bertz CT molecular complexity index is 470. The number of rotatable bonds is 6. The maximum absolute atomic E-state index is 4.39. The number of hydrogen-bond acceptors (Lipinski definition) is 3. The Morgan fingerprint density at radius 2 is 1.84 bits per heavy atom. The second-order valence-electron chi connectivity index (χ2n) is 4.72. The first-order valence-electron chi connectivity index (χ1n) is 6.61. The van der Waals surface area contributed by atoms with Gasteiger partial charge in [-0.1, -0.05) is 36.4 Å². The highest BCUT2D eigenvalue weighted by Gasteiger charge is 2.16. The van der Waals surface area contributed by atoms with E-state index in [0.717, 1.165) is 18.8 Å². The van der Waals surface area contributed by atoms with Gasteiger partial charge in [-0.3, -0.25) is 9.88 Å². The third kappa shape index (κ3) is 3.88. The zero-order valence-corrected chi connectivity index (χ0v) is 11.6. The van der Waals surface area contributed by atoms with Crippen LogP contribution in [-0.2, 0) is 6.54 Å². The van der Waals surface area contributed by atoms with Gasteiger partial charge in [-0.15, -0.1) is 0 Å². The van der Waals surface area contributed by atoms with Gasteiger partial charge in [0.2, 0.25) is 0 Å². The predicted octanol–water partition coefficient (Wildman–Crippen LogP) is 2.47. The summed E-state index contributed by atoms with van der Waals surface area (Å²) in [5.41, 5.74) is 2.43. The number of nitrogens with one attached hydrogen (secondary N) is 1. The second kappa shape index (κ2) is 7.02. The average molecular weight is 255 g/mol. The first kappa shape index (κ1) is 13.7. The minimum atomic E-state index is 0.355. The van der Waals surface area contributed by atoms with Crippen molar-refractivity contribution in [3.63, 3.8) is 0 Å². The van der Waals surface area contributed by atoms with E-state index in [2.05, 4.69) is 58.6 Å². The predicted molar refractivity (Wildman–Crippen MR) is 78.8 cm³/mol. The van der Waals surface area contributed by atoms with Crippen molar-refractivity contribution in [2.24, 2.45) is 0 Å². The van der Waals surface area contributed by atoms with Gasteiger partial charge < -0.3 is 5.32 Å². The highest BCUT2D eigenvalue weighted by atomic mass is 15.2. The van der Waals surface area contributed by atoms with Crippen LogP contribution < -0.4 is 5.32 Å². The molecule has 0 aliphatic carbocycles. The fourth-order valence-corrected chi connectivity index (χ4v) is 2.25. The fourth-order valence-electron chi connectivity index (χ4n) is 2.25. The summed E-state index contributed by atoms with van der Waals surface area (Å²) in [6.07, 6.45) is 1.85. The third-order valence-corrected chi connectivity index (χ3v) is 3.25. The Kier molecular flexibility index (Phi) is 5.07. The van der Waals surface area contributed by atoms with Gasteiger partial charge in [0.05, 0.1) is 5.69 Å². The summed E-state index contributed by atoms with van der Waals surface area (Å²) in [5, 5.41) is 3.27. The van der Waals surface area contributed by atoms with Gasteiger partial charge in [-0.05, 0) is 31.8 Å². The molecule has 3 heteroatoms. The highest BCUT2D eigenvalue weighted by Crippen LogP contribution is 2.19. The van der Waals surface area contributed by atoms with E-state index < -0.39 is 0 Å². The standard InChI is InChI=1S/C16H21N3/c1-17-12-16(14-8-4-3-5-9-14)19(2)13-15-10-6-7-11-18-15/h3-11,16-17H,12-13H2,1-2H3. The Morgan fingerprint density at radius 3 is 2.47 bits per heavy atom. The molecular formula is C16H21N3. The SMILES string of the molecule is CNCC(c1ccccc1)N(C)Cc1ccccn1. The van der Waals surface area contributed by atoms with Crippen molar-refractivity contribution >= 4 is 0 Å². The van der Waals surface area contributed by atoms with Gasteiger partial charge in [-0.25, -0.2) is 0 Å². The van der Waals surface area contributed by atoms with E-state index in [1.54, 1.807) is 0 Å². The van der Waals surface area contributed by atoms with Gasteiger partial charge in [-0.2, -0.15) is 0 Å². The quantitative estimate of drug-likeness (QED) is 0.859. The minimum absolute atomic E-state index is 0.355. The van der Waals surface area contributed by atoms with Crippen LogP contribution in [0.15, 0.2) is 54.7 Å². The molecule has 19 heavy (non-hydrogen) atoms. The first-order chi connectivity index (χ1) is 9.31. The average Bonchev–Trinajstić information content (AvgIpc) is 2.46. The normalized spacial score (nSPS) is 12.6. The van der Waals surface area contributed by atoms with Crippen LogP contribution >= 0.6 is 0 Å². The van der Waals surface area contributed by atoms with E-state index in [1.165, 1.54) is 5.56 Å². The van der Waals surface area contributed by atoms with Crippen molar-refractivity contribution in [3.05, 3.63) is 66.0 Å². The smallest absolute Gasteiger partial charge is 0.0544 e. The van der Waals surface area contributed by atoms with Gasteiger partial charge in [0, 0.05) is 25.3 Å². The molecular weight excluding hydrogens is 234 g/mol. The molecule has 0 aliphatic heterocycles. The van der Waals surface area contributed by atoms with E-state index in [-0.39, 0.29) is 0 Å². The molecule has 0 amide bonds. The number of pyridine rings is 1. The summed E-state index contributed by atoms with van der Waals surface area (Å²) in [6.45, 7) is 1.77. The molecule has 1 atom stereocenters. The van der Waals surface area contributed by atoms with Crippen LogP contribution in [0.2, 0.25) is 0 Å². The summed E-state index contributed by atoms with van der Waals surface area (Å²) in [6, 6.07) is 17.0. The monoisotopic (exact) mass is 255 g/mol. The highest BCUT2D eigenvalue weighted by molar-refractivity contribution is 5.19. The molecule has 1 aromatic heterocycles. The van der Waals surface area contributed by atoms with Crippen LogP contribution in [0.4, 0.5) is 0 Å². The van der Waals surface area contributed by atoms with E-state index >= 15 is 0 Å². The maximum atomic E-state index is 4.39. The molecule has 0 bridgehead atoms. The van der Waals surface area contributed by atoms with Crippen molar-refractivity contribution in [1.82, 2.24) is 15.2 Å². The van der Waals surface area contributed by atoms with Gasteiger partial charge in [0.25, 0.3) is 0 Å². The number of hydrogen-bond donors (Lipinski definition) is 1. The zero-order valence-electron chi connectivity index (χ0n) is 11.6. The van der Waals surface area contributed by atoms with Crippen molar-refractivity contribution in [2.75, 3.05) is 20.6 Å². The van der Waals surface area contributed by atoms with Crippen LogP contribution in [0.1, 0.15) is 17.3 Å². The second-order valence-corrected chi connectivity index (χ2v) is 4.72. The lowest BCUT2D eigenvalue weighted by molar-refractivity contribution is 0.230. The summed E-state index contributed by atoms with van der Waals surface area (Å²) in [4.78, 5) is 6.72. The molecule has 100 valence electrons. The molecule has 2 aromatic rings. The molecule has 0 fully saturated rings. The van der Waals surface area contributed by atoms with Crippen molar-refractivity contribution in [3.8, 4) is 0 Å². The summed E-state index contributed by atoms with van der Waals surface area (Å²) < 4.78 is 0. The van der Waals surface area contributed by atoms with Crippen molar-refractivity contribution in [1.29, 1.82) is 0 Å². The van der Waals surface area contributed by atoms with Gasteiger partial charge in [0.15, 0.2) is 0 Å². The van der Waals surface area contributed by atoms with Crippen LogP contribution in [0.3, 0.4) is 0 Å². The Balaban J connectivity index is 2.11. The van der Waals surface area contributed by atoms with Crippen molar-refractivity contribution < 1.29 is 0 Å². The van der Waals surface area contributed by atoms with E-state index in [9.17, 15) is 0 Å². The van der Waals surface area contributed by atoms with Crippen molar-refractivity contribution in [2.45, 2.75) is 12.6 Å². The topological polar surface area (TPSA) is 28.2 Å². The van der Waals surface area contributed by atoms with Crippen LogP contribution in [-0.4, -0.2) is 30.5 Å². The lowest BCUT2D eigenvalue weighted by Crippen LogP contribution is -2.31. The number of likely N-dealkylation sites (N-methyl/N-ethyl adjacent to an activating group) is 2. The molecule has 3 nitrogen and oxygen atoms in total. The lowest BCUT2D eigenvalue weighted by atomic mass is 10.1. The van der Waals surface area contributed by atoms with Crippen LogP contribution in [0.25, 0.3) is 0 Å². The number of nitrogens with zero attached hydrogens (tertiary/aromatic N) is 2. The molecule has 0 radical (unpaired) electrons. The summed E-state index contributed by atoms with van der Waals surface area (Å²) in [5.74, 6) is 0. The lowest BCUT2D eigenvalue weighted by Gasteiger charge is -2.28. The molecule has 1 N–H and O–H groups in total.